The summed E-state index contributed by atoms with van der Waals surface area (Å²) in [4.78, 5) is 4.61. The third-order valence-electron chi connectivity index (χ3n) is 4.46. The van der Waals surface area contributed by atoms with Crippen LogP contribution in [-0.2, 0) is 11.3 Å². The van der Waals surface area contributed by atoms with E-state index in [0.29, 0.717) is 17.8 Å². The van der Waals surface area contributed by atoms with Crippen molar-refractivity contribution in [2.45, 2.75) is 25.5 Å². The maximum Gasteiger partial charge on any atom is 0.194 e. The highest BCUT2D eigenvalue weighted by Crippen LogP contribution is 2.32. The maximum absolute atomic E-state index is 13.6. The average Bonchev–Trinajstić information content (AvgIpc) is 3.35. The fourth-order valence-corrected chi connectivity index (χ4v) is 4.01. The lowest BCUT2D eigenvalue weighted by atomic mass is 10.0. The fraction of sp³-hybridized carbons (Fsp3) is 0.250. The molecule has 0 bridgehead atoms. The number of hydrogen-bond donors (Lipinski definition) is 1. The number of thiazole rings is 1. The largest absolute Gasteiger partial charge is 0.379 e. The van der Waals surface area contributed by atoms with E-state index in [1.807, 2.05) is 17.5 Å². The van der Waals surface area contributed by atoms with E-state index in [-0.39, 0.29) is 11.7 Å². The molecule has 7 heteroatoms. The molecule has 0 saturated carbocycles. The quantitative estimate of drug-likeness (QED) is 0.568. The lowest BCUT2D eigenvalue weighted by Crippen LogP contribution is -2.03. The van der Waals surface area contributed by atoms with Crippen molar-refractivity contribution >= 4 is 17.0 Å². The zero-order valence-corrected chi connectivity index (χ0v) is 15.2. The first-order chi connectivity index (χ1) is 13.1. The Hall–Kier alpha value is -2.38. The number of para-hydroxylation sites is 1. The molecule has 2 heterocycles. The Labute approximate surface area is 158 Å². The van der Waals surface area contributed by atoms with Gasteiger partial charge in [0, 0.05) is 23.2 Å². The van der Waals surface area contributed by atoms with Crippen molar-refractivity contribution in [3.05, 3.63) is 69.9 Å². The van der Waals surface area contributed by atoms with Crippen LogP contribution in [-0.4, -0.2) is 11.6 Å². The van der Waals surface area contributed by atoms with E-state index in [1.54, 1.807) is 23.5 Å². The SMILES string of the molecule is Fc1cc(-c2ccccc2NCc2csc([C@@H]3CCCO3)n2)cc(F)c1F. The second-order valence-electron chi connectivity index (χ2n) is 6.33. The Kier molecular flexibility index (Phi) is 5.13. The van der Waals surface area contributed by atoms with E-state index >= 15 is 0 Å². The lowest BCUT2D eigenvalue weighted by molar-refractivity contribution is 0.111. The highest BCUT2D eigenvalue weighted by molar-refractivity contribution is 7.09. The van der Waals surface area contributed by atoms with Crippen LogP contribution in [0.3, 0.4) is 0 Å². The summed E-state index contributed by atoms with van der Waals surface area (Å²) >= 11 is 1.57. The number of aromatic nitrogens is 1. The summed E-state index contributed by atoms with van der Waals surface area (Å²) in [5.41, 5.74) is 2.42. The highest BCUT2D eigenvalue weighted by Gasteiger charge is 2.21. The van der Waals surface area contributed by atoms with Gasteiger partial charge in [0.25, 0.3) is 0 Å². The summed E-state index contributed by atoms with van der Waals surface area (Å²) in [6.45, 7) is 1.24. The van der Waals surface area contributed by atoms with E-state index < -0.39 is 17.5 Å². The zero-order chi connectivity index (χ0) is 18.8. The summed E-state index contributed by atoms with van der Waals surface area (Å²) in [7, 11) is 0. The van der Waals surface area contributed by atoms with Gasteiger partial charge >= 0.3 is 0 Å². The molecular weight excluding hydrogens is 373 g/mol. The number of hydrogen-bond acceptors (Lipinski definition) is 4. The van der Waals surface area contributed by atoms with Crippen molar-refractivity contribution in [1.29, 1.82) is 0 Å². The Morgan fingerprint density at radius 2 is 1.93 bits per heavy atom. The van der Waals surface area contributed by atoms with E-state index in [2.05, 4.69) is 10.3 Å². The van der Waals surface area contributed by atoms with E-state index in [0.717, 1.165) is 42.3 Å². The lowest BCUT2D eigenvalue weighted by Gasteiger charge is -2.12. The number of rotatable bonds is 5. The normalized spacial score (nSPS) is 16.6. The van der Waals surface area contributed by atoms with Gasteiger partial charge in [0.05, 0.1) is 12.2 Å². The molecule has 0 amide bonds. The van der Waals surface area contributed by atoms with Gasteiger partial charge in [-0.25, -0.2) is 18.2 Å². The minimum absolute atomic E-state index is 0.0844. The van der Waals surface area contributed by atoms with Crippen molar-refractivity contribution in [1.82, 2.24) is 4.98 Å². The molecule has 1 aliphatic heterocycles. The topological polar surface area (TPSA) is 34.1 Å². The van der Waals surface area contributed by atoms with Gasteiger partial charge < -0.3 is 10.1 Å². The fourth-order valence-electron chi connectivity index (χ4n) is 3.11. The van der Waals surface area contributed by atoms with Gasteiger partial charge in [-0.3, -0.25) is 0 Å². The molecular formula is C20H17F3N2OS. The Bertz CT molecular complexity index is 931. The molecule has 1 aliphatic rings. The number of ether oxygens (including phenoxy) is 1. The summed E-state index contributed by atoms with van der Waals surface area (Å²) in [6, 6.07) is 9.11. The third kappa shape index (κ3) is 3.84. The minimum atomic E-state index is -1.46. The van der Waals surface area contributed by atoms with Crippen LogP contribution < -0.4 is 5.32 Å². The average molecular weight is 390 g/mol. The molecule has 3 nitrogen and oxygen atoms in total. The highest BCUT2D eigenvalue weighted by atomic mass is 32.1. The van der Waals surface area contributed by atoms with Gasteiger partial charge in [0.15, 0.2) is 17.5 Å². The molecule has 0 radical (unpaired) electrons. The van der Waals surface area contributed by atoms with Gasteiger partial charge in [0.2, 0.25) is 0 Å². The second kappa shape index (κ2) is 7.70. The molecule has 140 valence electrons. The van der Waals surface area contributed by atoms with Gasteiger partial charge in [0.1, 0.15) is 11.1 Å². The summed E-state index contributed by atoms with van der Waals surface area (Å²) in [5, 5.41) is 6.20. The van der Waals surface area contributed by atoms with Gasteiger partial charge in [-0.15, -0.1) is 11.3 Å². The summed E-state index contributed by atoms with van der Waals surface area (Å²) in [6.07, 6.45) is 2.13. The first-order valence-electron chi connectivity index (χ1n) is 8.65. The summed E-state index contributed by atoms with van der Waals surface area (Å²) < 4.78 is 46.1. The van der Waals surface area contributed by atoms with Crippen LogP contribution in [0.5, 0.6) is 0 Å². The third-order valence-corrected chi connectivity index (χ3v) is 5.44. The van der Waals surface area contributed by atoms with Gasteiger partial charge in [-0.05, 0) is 36.6 Å². The second-order valence-corrected chi connectivity index (χ2v) is 7.22. The standard InChI is InChI=1S/C20H17F3N2OS/c21-15-8-12(9-16(22)19(15)23)14-4-1-2-5-17(14)24-10-13-11-27-20(25-13)18-6-3-7-26-18/h1-2,4-5,8-9,11,18,24H,3,6-7,10H2/t18-/m0/s1. The maximum atomic E-state index is 13.6. The number of nitrogens with one attached hydrogen (secondary N) is 1. The molecule has 4 rings (SSSR count). The first-order valence-corrected chi connectivity index (χ1v) is 9.53. The van der Waals surface area contributed by atoms with Crippen molar-refractivity contribution in [3.63, 3.8) is 0 Å². The van der Waals surface area contributed by atoms with Crippen molar-refractivity contribution in [2.75, 3.05) is 11.9 Å². The minimum Gasteiger partial charge on any atom is -0.379 e. The van der Waals surface area contributed by atoms with Crippen molar-refractivity contribution in [2.24, 2.45) is 0 Å². The summed E-state index contributed by atoms with van der Waals surface area (Å²) in [5.74, 6) is -3.88. The van der Waals surface area contributed by atoms with Crippen molar-refractivity contribution in [3.8, 4) is 11.1 Å². The molecule has 1 fully saturated rings. The molecule has 0 spiro atoms. The molecule has 0 unspecified atom stereocenters. The molecule has 1 aromatic heterocycles. The Morgan fingerprint density at radius 3 is 2.67 bits per heavy atom. The number of benzene rings is 2. The molecule has 27 heavy (non-hydrogen) atoms. The molecule has 1 atom stereocenters. The van der Waals surface area contributed by atoms with Crippen LogP contribution >= 0.6 is 11.3 Å². The number of anilines is 1. The zero-order valence-electron chi connectivity index (χ0n) is 14.3. The van der Waals surface area contributed by atoms with Crippen LogP contribution in [0.1, 0.15) is 29.6 Å². The number of nitrogens with zero attached hydrogens (tertiary/aromatic N) is 1. The Balaban J connectivity index is 1.53. The van der Waals surface area contributed by atoms with Crippen LogP contribution in [0.2, 0.25) is 0 Å². The van der Waals surface area contributed by atoms with Gasteiger partial charge in [-0.1, -0.05) is 18.2 Å². The first kappa shape index (κ1) is 18.0. The van der Waals surface area contributed by atoms with Crippen LogP contribution in [0.25, 0.3) is 11.1 Å². The Morgan fingerprint density at radius 1 is 1.15 bits per heavy atom. The predicted octanol–water partition coefficient (Wildman–Crippen LogP) is 5.69. The van der Waals surface area contributed by atoms with Gasteiger partial charge in [-0.2, -0.15) is 0 Å². The van der Waals surface area contributed by atoms with Crippen LogP contribution in [0.4, 0.5) is 18.9 Å². The van der Waals surface area contributed by atoms with E-state index in [9.17, 15) is 13.2 Å². The molecule has 1 N–H and O–H groups in total. The van der Waals surface area contributed by atoms with Crippen molar-refractivity contribution < 1.29 is 17.9 Å². The molecule has 3 aromatic rings. The monoisotopic (exact) mass is 390 g/mol. The van der Waals surface area contributed by atoms with Crippen LogP contribution in [0, 0.1) is 17.5 Å². The smallest absolute Gasteiger partial charge is 0.194 e. The number of halogens is 3. The molecule has 1 saturated heterocycles. The van der Waals surface area contributed by atoms with Crippen LogP contribution in [0.15, 0.2) is 41.8 Å². The molecule has 0 aliphatic carbocycles. The van der Waals surface area contributed by atoms with E-state index in [4.69, 9.17) is 4.74 Å². The van der Waals surface area contributed by atoms with E-state index in [1.165, 1.54) is 0 Å². The molecule has 2 aromatic carbocycles. The predicted molar refractivity (Wildman–Crippen MR) is 99.1 cm³/mol.